The van der Waals surface area contributed by atoms with E-state index < -0.39 is 4.92 Å². The highest BCUT2D eigenvalue weighted by Crippen LogP contribution is 2.20. The van der Waals surface area contributed by atoms with Gasteiger partial charge in [-0.05, 0) is 25.3 Å². The molecule has 114 valence electrons. The van der Waals surface area contributed by atoms with E-state index in [0.29, 0.717) is 18.8 Å². The van der Waals surface area contributed by atoms with Gasteiger partial charge in [-0.15, -0.1) is 0 Å². The Labute approximate surface area is 122 Å². The number of likely N-dealkylation sites (tertiary alicyclic amines) is 1. The first-order valence-electron chi connectivity index (χ1n) is 6.98. The molecule has 1 aromatic rings. The lowest BCUT2D eigenvalue weighted by Gasteiger charge is -2.34. The number of benzene rings is 1. The summed E-state index contributed by atoms with van der Waals surface area (Å²) in [6.07, 6.45) is 2.97. The van der Waals surface area contributed by atoms with Gasteiger partial charge in [0.25, 0.3) is 11.6 Å². The number of rotatable bonds is 5. The van der Waals surface area contributed by atoms with E-state index in [1.54, 1.807) is 11.0 Å². The Bertz CT molecular complexity index is 521. The monoisotopic (exact) mass is 293 g/mol. The molecule has 1 unspecified atom stereocenters. The van der Waals surface area contributed by atoms with E-state index >= 15 is 0 Å². The van der Waals surface area contributed by atoms with Gasteiger partial charge in [0, 0.05) is 25.2 Å². The van der Waals surface area contributed by atoms with Crippen molar-refractivity contribution < 1.29 is 14.5 Å². The van der Waals surface area contributed by atoms with Crippen LogP contribution in [0.3, 0.4) is 0 Å². The smallest absolute Gasteiger partial charge is 0.273 e. The molecule has 1 aliphatic heterocycles. The molecule has 1 heterocycles. The zero-order chi connectivity index (χ0) is 15.2. The Morgan fingerprint density at radius 3 is 3.00 bits per heavy atom. The second-order valence-corrected chi connectivity index (χ2v) is 5.02. The quantitative estimate of drug-likeness (QED) is 0.652. The summed E-state index contributed by atoms with van der Waals surface area (Å²) in [5.74, 6) is 0.190. The first kappa shape index (κ1) is 15.2. The van der Waals surface area contributed by atoms with Crippen LogP contribution in [0.2, 0.25) is 0 Å². The van der Waals surface area contributed by atoms with Crippen LogP contribution in [-0.4, -0.2) is 41.5 Å². The number of nitro groups is 1. The van der Waals surface area contributed by atoms with Crippen LogP contribution in [-0.2, 0) is 4.79 Å². The van der Waals surface area contributed by atoms with Gasteiger partial charge in [-0.2, -0.15) is 0 Å². The number of hydrogen-bond acceptors (Lipinski definition) is 5. The van der Waals surface area contributed by atoms with Gasteiger partial charge in [0.05, 0.1) is 11.0 Å². The van der Waals surface area contributed by atoms with Crippen molar-refractivity contribution in [2.45, 2.75) is 25.3 Å². The predicted molar refractivity (Wildman–Crippen MR) is 77.0 cm³/mol. The molecule has 0 spiro atoms. The summed E-state index contributed by atoms with van der Waals surface area (Å²) >= 11 is 0. The van der Waals surface area contributed by atoms with Gasteiger partial charge in [0.15, 0.2) is 6.61 Å². The molecule has 0 aromatic heterocycles. The van der Waals surface area contributed by atoms with E-state index in [4.69, 9.17) is 10.5 Å². The molecule has 21 heavy (non-hydrogen) atoms. The van der Waals surface area contributed by atoms with Crippen LogP contribution < -0.4 is 10.5 Å². The molecule has 1 amide bonds. The lowest BCUT2D eigenvalue weighted by molar-refractivity contribution is -0.384. The minimum absolute atomic E-state index is 0.0576. The fraction of sp³-hybridized carbons (Fsp3) is 0.500. The van der Waals surface area contributed by atoms with Crippen molar-refractivity contribution in [2.75, 3.05) is 19.7 Å². The van der Waals surface area contributed by atoms with Gasteiger partial charge < -0.3 is 15.4 Å². The van der Waals surface area contributed by atoms with Crippen molar-refractivity contribution in [2.24, 2.45) is 5.73 Å². The van der Waals surface area contributed by atoms with Crippen molar-refractivity contribution >= 4 is 11.6 Å². The van der Waals surface area contributed by atoms with E-state index in [2.05, 4.69) is 0 Å². The van der Waals surface area contributed by atoms with Gasteiger partial charge in [-0.25, -0.2) is 0 Å². The number of carbonyl (C=O) groups excluding carboxylic acids is 1. The zero-order valence-corrected chi connectivity index (χ0v) is 11.7. The number of hydrogen-bond donors (Lipinski definition) is 1. The van der Waals surface area contributed by atoms with Crippen molar-refractivity contribution in [3.8, 4) is 5.75 Å². The molecule has 7 heteroatoms. The maximum absolute atomic E-state index is 12.2. The maximum atomic E-state index is 12.2. The standard InChI is InChI=1S/C14H19N3O4/c15-9-12-4-1-2-7-16(12)14(18)10-21-13-6-3-5-11(8-13)17(19)20/h3,5-6,8,12H,1-2,4,7,9-10,15H2. The van der Waals surface area contributed by atoms with E-state index in [0.717, 1.165) is 19.3 Å². The molecule has 0 saturated carbocycles. The third-order valence-electron chi connectivity index (χ3n) is 3.61. The van der Waals surface area contributed by atoms with Crippen LogP contribution >= 0.6 is 0 Å². The van der Waals surface area contributed by atoms with E-state index in [1.165, 1.54) is 18.2 Å². The Hall–Kier alpha value is -2.15. The summed E-state index contributed by atoms with van der Waals surface area (Å²) < 4.78 is 5.37. The van der Waals surface area contributed by atoms with Gasteiger partial charge in [0.1, 0.15) is 5.75 Å². The predicted octanol–water partition coefficient (Wildman–Crippen LogP) is 1.31. The molecule has 7 nitrogen and oxygen atoms in total. The van der Waals surface area contributed by atoms with Crippen LogP contribution in [0.15, 0.2) is 24.3 Å². The SMILES string of the molecule is NCC1CCCCN1C(=O)COc1cccc([N+](=O)[O-])c1. The number of nitrogens with two attached hydrogens (primary N) is 1. The second-order valence-electron chi connectivity index (χ2n) is 5.02. The summed E-state index contributed by atoms with van der Waals surface area (Å²) in [6, 6.07) is 5.88. The zero-order valence-electron chi connectivity index (χ0n) is 11.7. The third kappa shape index (κ3) is 3.91. The molecule has 0 aliphatic carbocycles. The van der Waals surface area contributed by atoms with Crippen LogP contribution in [0.25, 0.3) is 0 Å². The molecule has 1 saturated heterocycles. The van der Waals surface area contributed by atoms with E-state index in [1.807, 2.05) is 0 Å². The number of piperidine rings is 1. The number of non-ortho nitro benzene ring substituents is 1. The van der Waals surface area contributed by atoms with Gasteiger partial charge in [0.2, 0.25) is 0 Å². The maximum Gasteiger partial charge on any atom is 0.273 e. The Morgan fingerprint density at radius 2 is 2.29 bits per heavy atom. The molecule has 2 rings (SSSR count). The Morgan fingerprint density at radius 1 is 1.48 bits per heavy atom. The molecular weight excluding hydrogens is 274 g/mol. The molecule has 1 fully saturated rings. The lowest BCUT2D eigenvalue weighted by atomic mass is 10.0. The third-order valence-corrected chi connectivity index (χ3v) is 3.61. The second kappa shape index (κ2) is 7.03. The van der Waals surface area contributed by atoms with Crippen molar-refractivity contribution in [3.63, 3.8) is 0 Å². The first-order valence-corrected chi connectivity index (χ1v) is 6.98. The molecule has 1 aromatic carbocycles. The van der Waals surface area contributed by atoms with Crippen molar-refractivity contribution in [3.05, 3.63) is 34.4 Å². The highest BCUT2D eigenvalue weighted by Gasteiger charge is 2.25. The largest absolute Gasteiger partial charge is 0.484 e. The normalized spacial score (nSPS) is 18.3. The average molecular weight is 293 g/mol. The summed E-state index contributed by atoms with van der Waals surface area (Å²) in [4.78, 5) is 24.1. The number of amides is 1. The number of carbonyl (C=O) groups is 1. The van der Waals surface area contributed by atoms with Crippen molar-refractivity contribution in [1.82, 2.24) is 4.90 Å². The Kier molecular flexibility index (Phi) is 5.10. The molecule has 0 bridgehead atoms. The Balaban J connectivity index is 1.94. The highest BCUT2D eigenvalue weighted by atomic mass is 16.6. The summed E-state index contributed by atoms with van der Waals surface area (Å²) in [6.45, 7) is 1.01. The van der Waals surface area contributed by atoms with Crippen LogP contribution in [0, 0.1) is 10.1 Å². The molecule has 1 aliphatic rings. The van der Waals surface area contributed by atoms with Crippen LogP contribution in [0.5, 0.6) is 5.75 Å². The van der Waals surface area contributed by atoms with Crippen LogP contribution in [0.4, 0.5) is 5.69 Å². The van der Waals surface area contributed by atoms with Crippen molar-refractivity contribution in [1.29, 1.82) is 0 Å². The number of ether oxygens (including phenoxy) is 1. The molecule has 0 radical (unpaired) electrons. The molecular formula is C14H19N3O4. The lowest BCUT2D eigenvalue weighted by Crippen LogP contribution is -2.49. The van der Waals surface area contributed by atoms with Gasteiger partial charge >= 0.3 is 0 Å². The summed E-state index contributed by atoms with van der Waals surface area (Å²) in [7, 11) is 0. The average Bonchev–Trinajstić information content (AvgIpc) is 2.52. The minimum atomic E-state index is -0.496. The number of nitro benzene ring substituents is 1. The molecule has 2 N–H and O–H groups in total. The summed E-state index contributed by atoms with van der Waals surface area (Å²) in [5, 5.41) is 10.7. The van der Waals surface area contributed by atoms with E-state index in [9.17, 15) is 14.9 Å². The topological polar surface area (TPSA) is 98.7 Å². The fourth-order valence-corrected chi connectivity index (χ4v) is 2.49. The molecule has 1 atom stereocenters. The number of nitrogens with zero attached hydrogens (tertiary/aromatic N) is 2. The van der Waals surface area contributed by atoms with Gasteiger partial charge in [-0.1, -0.05) is 6.07 Å². The van der Waals surface area contributed by atoms with E-state index in [-0.39, 0.29) is 24.2 Å². The van der Waals surface area contributed by atoms with Crippen LogP contribution in [0.1, 0.15) is 19.3 Å². The minimum Gasteiger partial charge on any atom is -0.484 e. The summed E-state index contributed by atoms with van der Waals surface area (Å²) in [5.41, 5.74) is 5.62. The van der Waals surface area contributed by atoms with Gasteiger partial charge in [-0.3, -0.25) is 14.9 Å². The first-order chi connectivity index (χ1) is 10.1. The fourth-order valence-electron chi connectivity index (χ4n) is 2.49. The highest BCUT2D eigenvalue weighted by molar-refractivity contribution is 5.78.